The molecule has 0 atom stereocenters. The van der Waals surface area contributed by atoms with E-state index in [4.69, 9.17) is 23.2 Å². The van der Waals surface area contributed by atoms with E-state index in [2.05, 4.69) is 38.2 Å². The summed E-state index contributed by atoms with van der Waals surface area (Å²) < 4.78 is 0. The van der Waals surface area contributed by atoms with Crippen molar-refractivity contribution in [2.45, 2.75) is 34.2 Å². The first-order valence-electron chi connectivity index (χ1n) is 6.64. The molecule has 1 N–H and O–H groups in total. The van der Waals surface area contributed by atoms with Crippen LogP contribution in [-0.2, 0) is 6.54 Å². The SMILES string of the molecule is Cc1cc(C)c(CNc2cc(Cl)c(C)cc2Cl)c(C)c1. The van der Waals surface area contributed by atoms with Crippen LogP contribution in [0.2, 0.25) is 10.0 Å². The van der Waals surface area contributed by atoms with Gasteiger partial charge in [0, 0.05) is 11.6 Å². The lowest BCUT2D eigenvalue weighted by atomic mass is 10.00. The van der Waals surface area contributed by atoms with E-state index in [1.807, 2.05) is 19.1 Å². The molecular weight excluding hydrogens is 289 g/mol. The molecule has 0 fully saturated rings. The van der Waals surface area contributed by atoms with Crippen LogP contribution in [0.1, 0.15) is 27.8 Å². The summed E-state index contributed by atoms with van der Waals surface area (Å²) in [6.07, 6.45) is 0. The maximum atomic E-state index is 6.25. The van der Waals surface area contributed by atoms with Gasteiger partial charge in [0.25, 0.3) is 0 Å². The summed E-state index contributed by atoms with van der Waals surface area (Å²) in [7, 11) is 0. The number of aryl methyl sites for hydroxylation is 4. The Labute approximate surface area is 130 Å². The van der Waals surface area contributed by atoms with Crippen molar-refractivity contribution < 1.29 is 0 Å². The lowest BCUT2D eigenvalue weighted by Crippen LogP contribution is -2.04. The number of hydrogen-bond donors (Lipinski definition) is 1. The first kappa shape index (κ1) is 15.2. The Balaban J connectivity index is 2.23. The van der Waals surface area contributed by atoms with Gasteiger partial charge in [0.1, 0.15) is 0 Å². The molecule has 0 saturated carbocycles. The second kappa shape index (κ2) is 6.07. The Kier molecular flexibility index (Phi) is 4.62. The van der Waals surface area contributed by atoms with Gasteiger partial charge >= 0.3 is 0 Å². The van der Waals surface area contributed by atoms with E-state index < -0.39 is 0 Å². The summed E-state index contributed by atoms with van der Waals surface area (Å²) in [5.74, 6) is 0. The van der Waals surface area contributed by atoms with Gasteiger partial charge in [-0.25, -0.2) is 0 Å². The average Bonchev–Trinajstić information content (AvgIpc) is 2.33. The molecule has 0 unspecified atom stereocenters. The molecule has 20 heavy (non-hydrogen) atoms. The van der Waals surface area contributed by atoms with E-state index in [0.29, 0.717) is 5.02 Å². The number of nitrogens with one attached hydrogen (secondary N) is 1. The maximum Gasteiger partial charge on any atom is 0.0641 e. The Morgan fingerprint density at radius 2 is 1.40 bits per heavy atom. The third kappa shape index (κ3) is 3.28. The monoisotopic (exact) mass is 307 g/mol. The highest BCUT2D eigenvalue weighted by Gasteiger charge is 2.07. The highest BCUT2D eigenvalue weighted by molar-refractivity contribution is 6.35. The van der Waals surface area contributed by atoms with Crippen LogP contribution in [0.3, 0.4) is 0 Å². The highest BCUT2D eigenvalue weighted by Crippen LogP contribution is 2.29. The molecule has 0 amide bonds. The molecular formula is C17H19Cl2N. The fourth-order valence-electron chi connectivity index (χ4n) is 2.45. The molecule has 2 rings (SSSR count). The van der Waals surface area contributed by atoms with Gasteiger partial charge < -0.3 is 5.32 Å². The van der Waals surface area contributed by atoms with Crippen molar-refractivity contribution in [1.82, 2.24) is 0 Å². The fourth-order valence-corrected chi connectivity index (χ4v) is 2.90. The third-order valence-electron chi connectivity index (χ3n) is 3.54. The normalized spacial score (nSPS) is 10.7. The zero-order valence-electron chi connectivity index (χ0n) is 12.3. The Bertz CT molecular complexity index is 625. The summed E-state index contributed by atoms with van der Waals surface area (Å²) in [5, 5.41) is 4.82. The average molecular weight is 308 g/mol. The molecule has 0 radical (unpaired) electrons. The van der Waals surface area contributed by atoms with Crippen LogP contribution < -0.4 is 5.32 Å². The van der Waals surface area contributed by atoms with Gasteiger partial charge in [-0.3, -0.25) is 0 Å². The topological polar surface area (TPSA) is 12.0 Å². The molecule has 0 aliphatic heterocycles. The predicted molar refractivity (Wildman–Crippen MR) is 89.2 cm³/mol. The van der Waals surface area contributed by atoms with Gasteiger partial charge in [-0.2, -0.15) is 0 Å². The second-order valence-corrected chi connectivity index (χ2v) is 6.13. The maximum absolute atomic E-state index is 6.25. The molecule has 0 aromatic heterocycles. The van der Waals surface area contributed by atoms with Gasteiger partial charge in [0.15, 0.2) is 0 Å². The van der Waals surface area contributed by atoms with Gasteiger partial charge in [-0.1, -0.05) is 40.9 Å². The van der Waals surface area contributed by atoms with Gasteiger partial charge in [0.05, 0.1) is 10.7 Å². The van der Waals surface area contributed by atoms with Crippen LogP contribution in [-0.4, -0.2) is 0 Å². The minimum Gasteiger partial charge on any atom is -0.380 e. The Morgan fingerprint density at radius 1 is 0.800 bits per heavy atom. The fraction of sp³-hybridized carbons (Fsp3) is 0.294. The zero-order valence-corrected chi connectivity index (χ0v) is 13.8. The number of hydrogen-bond acceptors (Lipinski definition) is 1. The van der Waals surface area contributed by atoms with E-state index in [-0.39, 0.29) is 0 Å². The van der Waals surface area contributed by atoms with Crippen LogP contribution in [0.4, 0.5) is 5.69 Å². The van der Waals surface area contributed by atoms with Crippen molar-refractivity contribution in [3.63, 3.8) is 0 Å². The zero-order chi connectivity index (χ0) is 14.9. The van der Waals surface area contributed by atoms with Gasteiger partial charge in [-0.15, -0.1) is 0 Å². The first-order valence-corrected chi connectivity index (χ1v) is 7.40. The van der Waals surface area contributed by atoms with Crippen LogP contribution in [0.15, 0.2) is 24.3 Å². The van der Waals surface area contributed by atoms with Crippen molar-refractivity contribution in [3.05, 3.63) is 62.1 Å². The van der Waals surface area contributed by atoms with Crippen LogP contribution >= 0.6 is 23.2 Å². The largest absolute Gasteiger partial charge is 0.380 e. The van der Waals surface area contributed by atoms with Crippen LogP contribution in [0.5, 0.6) is 0 Å². The van der Waals surface area contributed by atoms with E-state index in [1.165, 1.54) is 22.3 Å². The van der Waals surface area contributed by atoms with Crippen molar-refractivity contribution in [1.29, 1.82) is 0 Å². The molecule has 0 bridgehead atoms. The Hall–Kier alpha value is -1.18. The summed E-state index contributed by atoms with van der Waals surface area (Å²) in [5.41, 5.74) is 7.06. The highest BCUT2D eigenvalue weighted by atomic mass is 35.5. The smallest absolute Gasteiger partial charge is 0.0641 e. The number of rotatable bonds is 3. The summed E-state index contributed by atoms with van der Waals surface area (Å²) in [6, 6.07) is 8.18. The molecule has 106 valence electrons. The number of halogens is 2. The van der Waals surface area contributed by atoms with Gasteiger partial charge in [-0.05, 0) is 62.1 Å². The van der Waals surface area contributed by atoms with E-state index >= 15 is 0 Å². The van der Waals surface area contributed by atoms with Crippen molar-refractivity contribution in [2.75, 3.05) is 5.32 Å². The quantitative estimate of drug-likeness (QED) is 0.751. The Morgan fingerprint density at radius 3 is 2.00 bits per heavy atom. The predicted octanol–water partition coefficient (Wildman–Crippen LogP) is 5.84. The summed E-state index contributed by atoms with van der Waals surface area (Å²) >= 11 is 12.4. The molecule has 3 heteroatoms. The van der Waals surface area contributed by atoms with Crippen LogP contribution in [0.25, 0.3) is 0 Å². The van der Waals surface area contributed by atoms with Crippen molar-refractivity contribution >= 4 is 28.9 Å². The van der Waals surface area contributed by atoms with E-state index in [9.17, 15) is 0 Å². The number of benzene rings is 2. The second-order valence-electron chi connectivity index (χ2n) is 5.31. The minimum absolute atomic E-state index is 0.703. The molecule has 0 aliphatic carbocycles. The molecule has 0 heterocycles. The third-order valence-corrected chi connectivity index (χ3v) is 4.26. The standard InChI is InChI=1S/C17H19Cl2N/c1-10-5-11(2)14(12(3)6-10)9-20-17-8-15(18)13(4)7-16(17)19/h5-8,20H,9H2,1-4H3. The van der Waals surface area contributed by atoms with Crippen molar-refractivity contribution in [3.8, 4) is 0 Å². The lowest BCUT2D eigenvalue weighted by Gasteiger charge is -2.15. The lowest BCUT2D eigenvalue weighted by molar-refractivity contribution is 1.08. The molecule has 2 aromatic carbocycles. The molecule has 0 spiro atoms. The summed E-state index contributed by atoms with van der Waals surface area (Å²) in [4.78, 5) is 0. The summed E-state index contributed by atoms with van der Waals surface area (Å²) in [6.45, 7) is 9.10. The van der Waals surface area contributed by atoms with Crippen molar-refractivity contribution in [2.24, 2.45) is 0 Å². The van der Waals surface area contributed by atoms with Crippen LogP contribution in [0, 0.1) is 27.7 Å². The van der Waals surface area contributed by atoms with E-state index in [0.717, 1.165) is 22.8 Å². The first-order chi connectivity index (χ1) is 9.38. The molecule has 0 aliphatic rings. The minimum atomic E-state index is 0.703. The van der Waals surface area contributed by atoms with Gasteiger partial charge in [0.2, 0.25) is 0 Å². The molecule has 2 aromatic rings. The number of anilines is 1. The molecule has 1 nitrogen and oxygen atoms in total. The molecule has 0 saturated heterocycles. The van der Waals surface area contributed by atoms with E-state index in [1.54, 1.807) is 0 Å².